The number of unbranched alkanes of at least 4 members (excludes halogenated alkanes) is 3. The molecule has 68 valence electrons. The third kappa shape index (κ3) is 9.19. The maximum absolute atomic E-state index is 8.24. The highest BCUT2D eigenvalue weighted by Gasteiger charge is 1.87. The quantitative estimate of drug-likeness (QED) is 0.443. The fourth-order valence-corrected chi connectivity index (χ4v) is 0.985. The van der Waals surface area contributed by atoms with Crippen LogP contribution in [0.25, 0.3) is 0 Å². The number of nitriles is 1. The fourth-order valence-electron chi connectivity index (χ4n) is 0.985. The average molecular weight is 166 g/mol. The van der Waals surface area contributed by atoms with Gasteiger partial charge in [-0.25, -0.2) is 0 Å². The summed E-state index contributed by atoms with van der Waals surface area (Å²) in [6.07, 6.45) is 7.40. The molecule has 0 aliphatic carbocycles. The molecule has 0 heterocycles. The number of nitrogens with one attached hydrogen (secondary N) is 1. The summed E-state index contributed by atoms with van der Waals surface area (Å²) in [5, 5.41) is 11.5. The van der Waals surface area contributed by atoms with E-state index in [2.05, 4.69) is 18.0 Å². The van der Waals surface area contributed by atoms with E-state index in [4.69, 9.17) is 5.26 Å². The first-order valence-corrected chi connectivity index (χ1v) is 4.60. The van der Waals surface area contributed by atoms with E-state index in [-0.39, 0.29) is 0 Å². The molecule has 0 aromatic rings. The van der Waals surface area contributed by atoms with Crippen LogP contribution in [0.1, 0.15) is 32.1 Å². The van der Waals surface area contributed by atoms with Gasteiger partial charge in [-0.2, -0.15) is 5.26 Å². The molecular weight excluding hydrogens is 148 g/mol. The van der Waals surface area contributed by atoms with Gasteiger partial charge in [-0.15, -0.1) is 6.58 Å². The van der Waals surface area contributed by atoms with Gasteiger partial charge in [-0.05, 0) is 25.8 Å². The number of hydrogen-bond acceptors (Lipinski definition) is 2. The lowest BCUT2D eigenvalue weighted by atomic mass is 10.2. The summed E-state index contributed by atoms with van der Waals surface area (Å²) in [4.78, 5) is 0. The van der Waals surface area contributed by atoms with Crippen LogP contribution in [0.3, 0.4) is 0 Å². The summed E-state index contributed by atoms with van der Waals surface area (Å²) < 4.78 is 0. The van der Waals surface area contributed by atoms with E-state index in [9.17, 15) is 0 Å². The second-order valence-electron chi connectivity index (χ2n) is 2.80. The van der Waals surface area contributed by atoms with Gasteiger partial charge in [0.25, 0.3) is 0 Å². The van der Waals surface area contributed by atoms with Crippen molar-refractivity contribution < 1.29 is 0 Å². The summed E-state index contributed by atoms with van der Waals surface area (Å²) in [5.41, 5.74) is 0. The summed E-state index contributed by atoms with van der Waals surface area (Å²) in [6, 6.07) is 2.10. The first-order valence-electron chi connectivity index (χ1n) is 4.60. The van der Waals surface area contributed by atoms with Crippen molar-refractivity contribution in [2.75, 3.05) is 13.1 Å². The predicted octanol–water partition coefficient (Wildman–Crippen LogP) is 2.24. The molecule has 0 bridgehead atoms. The molecule has 0 rings (SSSR count). The van der Waals surface area contributed by atoms with Gasteiger partial charge in [0, 0.05) is 13.0 Å². The molecule has 0 saturated carbocycles. The third-order valence-electron chi connectivity index (χ3n) is 1.68. The molecule has 1 N–H and O–H groups in total. The van der Waals surface area contributed by atoms with Crippen molar-refractivity contribution in [3.8, 4) is 6.07 Å². The van der Waals surface area contributed by atoms with E-state index in [0.717, 1.165) is 19.5 Å². The molecule has 0 spiro atoms. The molecule has 12 heavy (non-hydrogen) atoms. The molecule has 0 amide bonds. The monoisotopic (exact) mass is 166 g/mol. The lowest BCUT2D eigenvalue weighted by molar-refractivity contribution is 0.611. The Kier molecular flexibility index (Phi) is 9.50. The van der Waals surface area contributed by atoms with Crippen molar-refractivity contribution in [1.82, 2.24) is 5.32 Å². The Bertz CT molecular complexity index is 135. The van der Waals surface area contributed by atoms with E-state index in [1.54, 1.807) is 0 Å². The second kappa shape index (κ2) is 10.2. The second-order valence-corrected chi connectivity index (χ2v) is 2.80. The summed E-state index contributed by atoms with van der Waals surface area (Å²) in [5.74, 6) is 0. The maximum atomic E-state index is 8.24. The van der Waals surface area contributed by atoms with Crippen LogP contribution in [0.4, 0.5) is 0 Å². The summed E-state index contributed by atoms with van der Waals surface area (Å²) in [7, 11) is 0. The van der Waals surface area contributed by atoms with Gasteiger partial charge in [0.2, 0.25) is 0 Å². The SMILES string of the molecule is C=CCCCCCNCCC#N. The molecule has 0 aromatic heterocycles. The molecule has 0 unspecified atom stereocenters. The Morgan fingerprint density at radius 1 is 1.25 bits per heavy atom. The third-order valence-corrected chi connectivity index (χ3v) is 1.68. The molecule has 0 aliphatic rings. The minimum Gasteiger partial charge on any atom is -0.316 e. The van der Waals surface area contributed by atoms with Crippen LogP contribution in [-0.4, -0.2) is 13.1 Å². The molecule has 0 aromatic carbocycles. The zero-order valence-corrected chi connectivity index (χ0v) is 7.68. The molecule has 0 saturated heterocycles. The van der Waals surface area contributed by atoms with E-state index < -0.39 is 0 Å². The Morgan fingerprint density at radius 3 is 2.75 bits per heavy atom. The summed E-state index contributed by atoms with van der Waals surface area (Å²) >= 11 is 0. The first-order chi connectivity index (χ1) is 5.91. The van der Waals surface area contributed by atoms with Gasteiger partial charge in [-0.3, -0.25) is 0 Å². The van der Waals surface area contributed by atoms with Crippen LogP contribution in [0.15, 0.2) is 12.7 Å². The predicted molar refractivity (Wildman–Crippen MR) is 51.8 cm³/mol. The molecule has 0 fully saturated rings. The largest absolute Gasteiger partial charge is 0.316 e. The van der Waals surface area contributed by atoms with E-state index in [1.807, 2.05) is 6.08 Å². The van der Waals surface area contributed by atoms with E-state index in [1.165, 1.54) is 19.3 Å². The average Bonchev–Trinajstić information content (AvgIpc) is 2.10. The number of nitrogens with zero attached hydrogens (tertiary/aromatic N) is 1. The van der Waals surface area contributed by atoms with E-state index in [0.29, 0.717) is 6.42 Å². The van der Waals surface area contributed by atoms with Crippen molar-refractivity contribution in [2.45, 2.75) is 32.1 Å². The van der Waals surface area contributed by atoms with Gasteiger partial charge in [0.1, 0.15) is 0 Å². The van der Waals surface area contributed by atoms with Gasteiger partial charge < -0.3 is 5.32 Å². The van der Waals surface area contributed by atoms with Gasteiger partial charge >= 0.3 is 0 Å². The van der Waals surface area contributed by atoms with Crippen molar-refractivity contribution in [1.29, 1.82) is 5.26 Å². The minimum absolute atomic E-state index is 0.618. The zero-order valence-electron chi connectivity index (χ0n) is 7.68. The van der Waals surface area contributed by atoms with Crippen LogP contribution >= 0.6 is 0 Å². The maximum Gasteiger partial charge on any atom is 0.0635 e. The summed E-state index contributed by atoms with van der Waals surface area (Å²) in [6.45, 7) is 5.54. The molecule has 0 aliphatic heterocycles. The van der Waals surface area contributed by atoms with Crippen LogP contribution in [0.5, 0.6) is 0 Å². The topological polar surface area (TPSA) is 35.8 Å². The van der Waals surface area contributed by atoms with Crippen molar-refractivity contribution >= 4 is 0 Å². The molecule has 2 nitrogen and oxygen atoms in total. The first kappa shape index (κ1) is 11.2. The Labute approximate surface area is 75.3 Å². The van der Waals surface area contributed by atoms with Crippen LogP contribution in [0.2, 0.25) is 0 Å². The van der Waals surface area contributed by atoms with Gasteiger partial charge in [0.15, 0.2) is 0 Å². The smallest absolute Gasteiger partial charge is 0.0635 e. The van der Waals surface area contributed by atoms with Crippen molar-refractivity contribution in [3.05, 3.63) is 12.7 Å². The Balaban J connectivity index is 2.82. The minimum atomic E-state index is 0.618. The lowest BCUT2D eigenvalue weighted by Crippen LogP contribution is -2.15. The molecular formula is C10H18N2. The highest BCUT2D eigenvalue weighted by Crippen LogP contribution is 1.98. The van der Waals surface area contributed by atoms with E-state index >= 15 is 0 Å². The van der Waals surface area contributed by atoms with Crippen molar-refractivity contribution in [2.24, 2.45) is 0 Å². The fraction of sp³-hybridized carbons (Fsp3) is 0.700. The van der Waals surface area contributed by atoms with Crippen LogP contribution in [0, 0.1) is 11.3 Å². The molecule has 0 radical (unpaired) electrons. The highest BCUT2D eigenvalue weighted by atomic mass is 14.8. The number of rotatable bonds is 8. The Hall–Kier alpha value is -0.810. The number of hydrogen-bond donors (Lipinski definition) is 1. The standard InChI is InChI=1S/C10H18N2/c1-2-3-4-5-6-9-12-10-7-8-11/h2,12H,1,3-7,9-10H2. The van der Waals surface area contributed by atoms with Crippen molar-refractivity contribution in [3.63, 3.8) is 0 Å². The lowest BCUT2D eigenvalue weighted by Gasteiger charge is -2.00. The van der Waals surface area contributed by atoms with Gasteiger partial charge in [0.05, 0.1) is 6.07 Å². The van der Waals surface area contributed by atoms with Gasteiger partial charge in [-0.1, -0.05) is 12.5 Å². The van der Waals surface area contributed by atoms with Crippen LogP contribution in [-0.2, 0) is 0 Å². The highest BCUT2D eigenvalue weighted by molar-refractivity contribution is 4.70. The normalized spacial score (nSPS) is 9.25. The zero-order chi connectivity index (χ0) is 9.07. The molecule has 0 atom stereocenters. The Morgan fingerprint density at radius 2 is 2.08 bits per heavy atom. The van der Waals surface area contributed by atoms with Crippen LogP contribution < -0.4 is 5.32 Å². The number of allylic oxidation sites excluding steroid dienone is 1. The molecule has 2 heteroatoms.